The van der Waals surface area contributed by atoms with E-state index >= 15 is 0 Å². The lowest BCUT2D eigenvalue weighted by Crippen LogP contribution is -2.50. The number of aryl methyl sites for hydroxylation is 1. The Bertz CT molecular complexity index is 807. The first-order chi connectivity index (χ1) is 11.5. The number of benzene rings is 1. The van der Waals surface area contributed by atoms with Gasteiger partial charge in [-0.05, 0) is 30.7 Å². The van der Waals surface area contributed by atoms with Crippen molar-refractivity contribution in [2.45, 2.75) is 17.6 Å². The van der Waals surface area contributed by atoms with Crippen LogP contribution in [0, 0.1) is 0 Å². The lowest BCUT2D eigenvalue weighted by Gasteiger charge is -2.33. The van der Waals surface area contributed by atoms with Gasteiger partial charge in [-0.3, -0.25) is 4.79 Å². The molecule has 24 heavy (non-hydrogen) atoms. The third-order valence-corrected chi connectivity index (χ3v) is 7.72. The second-order valence-electron chi connectivity index (χ2n) is 5.64. The van der Waals surface area contributed by atoms with Gasteiger partial charge in [0.2, 0.25) is 0 Å². The molecule has 128 valence electrons. The van der Waals surface area contributed by atoms with E-state index < -0.39 is 10.0 Å². The zero-order valence-corrected chi connectivity index (χ0v) is 15.1. The predicted octanol–water partition coefficient (Wildman–Crippen LogP) is 2.46. The summed E-state index contributed by atoms with van der Waals surface area (Å²) in [5, 5.41) is 0. The van der Waals surface area contributed by atoms with Crippen LogP contribution in [0.1, 0.15) is 22.2 Å². The molecule has 1 fully saturated rings. The van der Waals surface area contributed by atoms with E-state index in [0.717, 1.165) is 11.3 Å². The molecule has 1 saturated heterocycles. The van der Waals surface area contributed by atoms with E-state index in [9.17, 15) is 13.2 Å². The summed E-state index contributed by atoms with van der Waals surface area (Å²) in [5.74, 6) is -0.0444. The minimum absolute atomic E-state index is 0.0444. The van der Waals surface area contributed by atoms with Gasteiger partial charge in [-0.1, -0.05) is 25.1 Å². The van der Waals surface area contributed by atoms with Crippen LogP contribution in [0.25, 0.3) is 0 Å². The third-order valence-electron chi connectivity index (χ3n) is 4.13. The quantitative estimate of drug-likeness (QED) is 0.837. The van der Waals surface area contributed by atoms with E-state index in [4.69, 9.17) is 0 Å². The van der Waals surface area contributed by atoms with Gasteiger partial charge in [0.1, 0.15) is 4.21 Å². The van der Waals surface area contributed by atoms with Crippen molar-refractivity contribution in [2.24, 2.45) is 0 Å². The fraction of sp³-hybridized carbons (Fsp3) is 0.353. The molecule has 1 amide bonds. The molecule has 0 unspecified atom stereocenters. The highest BCUT2D eigenvalue weighted by atomic mass is 32.2. The van der Waals surface area contributed by atoms with Crippen LogP contribution in [0.15, 0.2) is 46.7 Å². The number of piperazine rings is 1. The lowest BCUT2D eigenvalue weighted by atomic mass is 10.2. The summed E-state index contributed by atoms with van der Waals surface area (Å²) >= 11 is 1.33. The van der Waals surface area contributed by atoms with Gasteiger partial charge in [0.25, 0.3) is 15.9 Å². The van der Waals surface area contributed by atoms with Crippen molar-refractivity contribution in [1.29, 1.82) is 0 Å². The number of sulfonamides is 1. The van der Waals surface area contributed by atoms with Crippen molar-refractivity contribution in [3.05, 3.63) is 52.9 Å². The smallest absolute Gasteiger partial charge is 0.253 e. The van der Waals surface area contributed by atoms with Crippen LogP contribution >= 0.6 is 11.3 Å². The summed E-state index contributed by atoms with van der Waals surface area (Å²) in [6.07, 6.45) is 0.833. The highest BCUT2D eigenvalue weighted by Crippen LogP contribution is 2.26. The number of nitrogens with zero attached hydrogens (tertiary/aromatic N) is 2. The maximum Gasteiger partial charge on any atom is 0.253 e. The Kier molecular flexibility index (Phi) is 5.03. The van der Waals surface area contributed by atoms with Gasteiger partial charge in [0, 0.05) is 36.6 Å². The second kappa shape index (κ2) is 7.04. The topological polar surface area (TPSA) is 57.7 Å². The van der Waals surface area contributed by atoms with Crippen LogP contribution in [-0.4, -0.2) is 49.7 Å². The molecule has 1 aliphatic rings. The number of amides is 1. The molecule has 7 heteroatoms. The molecule has 0 atom stereocenters. The molecule has 5 nitrogen and oxygen atoms in total. The summed E-state index contributed by atoms with van der Waals surface area (Å²) in [5.41, 5.74) is 0.639. The molecule has 0 bridgehead atoms. The van der Waals surface area contributed by atoms with Gasteiger partial charge >= 0.3 is 0 Å². The SMILES string of the molecule is CCc1ccc(S(=O)(=O)N2CCN(C(=O)c3ccccc3)CC2)s1. The zero-order chi connectivity index (χ0) is 17.2. The molecule has 0 N–H and O–H groups in total. The Balaban J connectivity index is 1.67. The maximum atomic E-state index is 12.7. The minimum Gasteiger partial charge on any atom is -0.336 e. The average Bonchev–Trinajstić information content (AvgIpc) is 3.12. The lowest BCUT2D eigenvalue weighted by molar-refractivity contribution is 0.0698. The fourth-order valence-corrected chi connectivity index (χ4v) is 5.58. The van der Waals surface area contributed by atoms with Crippen LogP contribution in [0.4, 0.5) is 0 Å². The van der Waals surface area contributed by atoms with Crippen molar-refractivity contribution in [2.75, 3.05) is 26.2 Å². The predicted molar refractivity (Wildman–Crippen MR) is 94.8 cm³/mol. The van der Waals surface area contributed by atoms with Crippen molar-refractivity contribution in [1.82, 2.24) is 9.21 Å². The van der Waals surface area contributed by atoms with Crippen molar-refractivity contribution >= 4 is 27.3 Å². The van der Waals surface area contributed by atoms with E-state index in [1.165, 1.54) is 15.6 Å². The van der Waals surface area contributed by atoms with Crippen molar-refractivity contribution in [3.8, 4) is 0 Å². The van der Waals surface area contributed by atoms with Crippen LogP contribution in [0.5, 0.6) is 0 Å². The van der Waals surface area contributed by atoms with Crippen molar-refractivity contribution < 1.29 is 13.2 Å². The van der Waals surface area contributed by atoms with Gasteiger partial charge in [-0.15, -0.1) is 11.3 Å². The number of hydrogen-bond acceptors (Lipinski definition) is 4. The summed E-state index contributed by atoms with van der Waals surface area (Å²) < 4.78 is 27.3. The van der Waals surface area contributed by atoms with Gasteiger partial charge in [0.05, 0.1) is 0 Å². The number of hydrogen-bond donors (Lipinski definition) is 0. The van der Waals surface area contributed by atoms with Crippen LogP contribution < -0.4 is 0 Å². The first-order valence-electron chi connectivity index (χ1n) is 7.95. The number of thiophene rings is 1. The van der Waals surface area contributed by atoms with Gasteiger partial charge in [-0.25, -0.2) is 8.42 Å². The van der Waals surface area contributed by atoms with Crippen LogP contribution in [0.2, 0.25) is 0 Å². The van der Waals surface area contributed by atoms with E-state index in [-0.39, 0.29) is 5.91 Å². The monoisotopic (exact) mass is 364 g/mol. The normalized spacial score (nSPS) is 16.3. The first-order valence-corrected chi connectivity index (χ1v) is 10.2. The molecule has 3 rings (SSSR count). The van der Waals surface area contributed by atoms with Gasteiger partial charge < -0.3 is 4.90 Å². The van der Waals surface area contributed by atoms with E-state index in [1.54, 1.807) is 23.1 Å². The highest BCUT2D eigenvalue weighted by molar-refractivity contribution is 7.91. The molecule has 2 aromatic rings. The van der Waals surface area contributed by atoms with E-state index in [2.05, 4.69) is 0 Å². The Hall–Kier alpha value is -1.70. The highest BCUT2D eigenvalue weighted by Gasteiger charge is 2.31. The molecule has 0 aliphatic carbocycles. The van der Waals surface area contributed by atoms with Gasteiger partial charge in [0.15, 0.2) is 0 Å². The Morgan fingerprint density at radius 1 is 1.04 bits per heavy atom. The Morgan fingerprint density at radius 3 is 2.29 bits per heavy atom. The second-order valence-corrected chi connectivity index (χ2v) is 8.97. The first kappa shape index (κ1) is 17.1. The maximum absolute atomic E-state index is 12.7. The molecule has 0 saturated carbocycles. The van der Waals surface area contributed by atoms with Crippen LogP contribution in [-0.2, 0) is 16.4 Å². The summed E-state index contributed by atoms with van der Waals surface area (Å²) in [7, 11) is -3.45. The molecular weight excluding hydrogens is 344 g/mol. The Labute approximate surface area is 146 Å². The number of carbonyl (C=O) groups is 1. The molecule has 1 aromatic carbocycles. The van der Waals surface area contributed by atoms with Crippen LogP contribution in [0.3, 0.4) is 0 Å². The summed E-state index contributed by atoms with van der Waals surface area (Å²) in [4.78, 5) is 15.2. The largest absolute Gasteiger partial charge is 0.336 e. The van der Waals surface area contributed by atoms with E-state index in [0.29, 0.717) is 36.0 Å². The standard InChI is InChI=1S/C17H20N2O3S2/c1-2-15-8-9-16(23-15)24(21,22)19-12-10-18(11-13-19)17(20)14-6-4-3-5-7-14/h3-9H,2,10-13H2,1H3. The molecular formula is C17H20N2O3S2. The number of carbonyl (C=O) groups excluding carboxylic acids is 1. The molecule has 0 radical (unpaired) electrons. The molecule has 2 heterocycles. The summed E-state index contributed by atoms with van der Waals surface area (Å²) in [6.45, 7) is 3.51. The molecule has 0 spiro atoms. The minimum atomic E-state index is -3.45. The van der Waals surface area contributed by atoms with Gasteiger partial charge in [-0.2, -0.15) is 4.31 Å². The fourth-order valence-electron chi connectivity index (χ4n) is 2.71. The average molecular weight is 364 g/mol. The van der Waals surface area contributed by atoms with Crippen molar-refractivity contribution in [3.63, 3.8) is 0 Å². The molecule has 1 aliphatic heterocycles. The Morgan fingerprint density at radius 2 is 1.71 bits per heavy atom. The number of rotatable bonds is 4. The third kappa shape index (κ3) is 3.38. The summed E-state index contributed by atoms with van der Waals surface area (Å²) in [6, 6.07) is 12.6. The van der Waals surface area contributed by atoms with E-state index in [1.807, 2.05) is 31.2 Å². The molecule has 1 aromatic heterocycles. The zero-order valence-electron chi connectivity index (χ0n) is 13.5.